The van der Waals surface area contributed by atoms with E-state index in [0.717, 1.165) is 5.92 Å². The highest BCUT2D eigenvalue weighted by Gasteiger charge is 2.16. The molecule has 14 heavy (non-hydrogen) atoms. The lowest BCUT2D eigenvalue weighted by molar-refractivity contribution is 0.458. The zero-order valence-corrected chi connectivity index (χ0v) is 9.82. The topological polar surface area (TPSA) is 28.7 Å². The molecule has 0 aromatic carbocycles. The maximum Gasteiger partial charge on any atom is 0.0663 e. The lowest BCUT2D eigenvalue weighted by atomic mass is 9.89. The van der Waals surface area contributed by atoms with Gasteiger partial charge in [-0.25, -0.2) is 0 Å². The third-order valence-electron chi connectivity index (χ3n) is 3.25. The molecule has 1 aromatic rings. The largest absolute Gasteiger partial charge is 0.278 e. The van der Waals surface area contributed by atoms with Gasteiger partial charge in [-0.2, -0.15) is 4.86 Å². The number of aromatic amines is 1. The summed E-state index contributed by atoms with van der Waals surface area (Å²) in [6.45, 7) is 2.16. The van der Waals surface area contributed by atoms with Crippen LogP contribution < -0.4 is 0 Å². The van der Waals surface area contributed by atoms with Gasteiger partial charge in [0.2, 0.25) is 0 Å². The second-order valence-corrected chi connectivity index (χ2v) is 5.25. The molecule has 0 spiro atoms. The molecular formula is C11H19N2P. The van der Waals surface area contributed by atoms with E-state index in [2.05, 4.69) is 16.9 Å². The van der Waals surface area contributed by atoms with E-state index in [1.54, 1.807) is 5.30 Å². The third-order valence-corrected chi connectivity index (χ3v) is 4.37. The van der Waals surface area contributed by atoms with Crippen molar-refractivity contribution in [1.82, 2.24) is 9.96 Å². The van der Waals surface area contributed by atoms with Gasteiger partial charge in [0.05, 0.1) is 8.35 Å². The van der Waals surface area contributed by atoms with Crippen LogP contribution in [0.5, 0.6) is 0 Å². The van der Waals surface area contributed by atoms with Crippen LogP contribution in [0.15, 0.2) is 0 Å². The van der Waals surface area contributed by atoms with Gasteiger partial charge in [-0.3, -0.25) is 5.10 Å². The van der Waals surface area contributed by atoms with Crippen molar-refractivity contribution >= 4 is 8.35 Å². The first kappa shape index (κ1) is 10.2. The molecule has 0 aliphatic heterocycles. The van der Waals surface area contributed by atoms with Crippen LogP contribution in [0.3, 0.4) is 0 Å². The first-order valence-corrected chi connectivity index (χ1v) is 6.60. The van der Waals surface area contributed by atoms with E-state index < -0.39 is 0 Å². The lowest BCUT2D eigenvalue weighted by Crippen LogP contribution is -2.01. The van der Waals surface area contributed by atoms with Crippen molar-refractivity contribution < 1.29 is 0 Å². The molecule has 3 heteroatoms. The predicted molar refractivity (Wildman–Crippen MR) is 60.9 cm³/mol. The zero-order chi connectivity index (χ0) is 9.80. The number of hydrogen-bond donors (Lipinski definition) is 1. The van der Waals surface area contributed by atoms with Gasteiger partial charge in [-0.15, -0.1) is 0 Å². The summed E-state index contributed by atoms with van der Waals surface area (Å²) in [5.74, 6) is 0.815. The summed E-state index contributed by atoms with van der Waals surface area (Å²) in [5, 5.41) is 4.66. The number of nitrogens with one attached hydrogen (secondary N) is 1. The molecule has 1 aliphatic carbocycles. The van der Waals surface area contributed by atoms with Gasteiger partial charge in [0.1, 0.15) is 0 Å². The highest BCUT2D eigenvalue weighted by molar-refractivity contribution is 7.26. The first-order chi connectivity index (χ1) is 6.88. The van der Waals surface area contributed by atoms with Crippen LogP contribution in [-0.4, -0.2) is 9.96 Å². The zero-order valence-electron chi connectivity index (χ0n) is 8.92. The fraction of sp³-hybridized carbons (Fsp3) is 0.818. The molecule has 1 saturated carbocycles. The Balaban J connectivity index is 2.04. The molecule has 0 saturated heterocycles. The van der Waals surface area contributed by atoms with Gasteiger partial charge in [0.25, 0.3) is 0 Å². The molecule has 0 amide bonds. The van der Waals surface area contributed by atoms with Crippen LogP contribution in [0.1, 0.15) is 61.9 Å². The Morgan fingerprint density at radius 1 is 1.14 bits per heavy atom. The smallest absolute Gasteiger partial charge is 0.0663 e. The SMILES string of the molecule is Cc1[nH]npc1C1CCCCCCC1. The van der Waals surface area contributed by atoms with Gasteiger partial charge >= 0.3 is 0 Å². The average Bonchev–Trinajstić information content (AvgIpc) is 2.51. The third kappa shape index (κ3) is 2.36. The summed E-state index contributed by atoms with van der Waals surface area (Å²) < 4.78 is 0. The van der Waals surface area contributed by atoms with E-state index in [1.165, 1.54) is 59.0 Å². The summed E-state index contributed by atoms with van der Waals surface area (Å²) in [7, 11) is 1.18. The molecule has 0 radical (unpaired) electrons. The van der Waals surface area contributed by atoms with E-state index in [4.69, 9.17) is 0 Å². The van der Waals surface area contributed by atoms with Gasteiger partial charge in [0.15, 0.2) is 0 Å². The summed E-state index contributed by atoms with van der Waals surface area (Å²) in [5.41, 5.74) is 1.32. The van der Waals surface area contributed by atoms with Crippen LogP contribution in [0, 0.1) is 6.92 Å². The maximum atomic E-state index is 4.22. The van der Waals surface area contributed by atoms with Gasteiger partial charge < -0.3 is 0 Å². The van der Waals surface area contributed by atoms with E-state index in [-0.39, 0.29) is 0 Å². The Bertz CT molecular complexity index is 275. The van der Waals surface area contributed by atoms with Crippen LogP contribution in [0.4, 0.5) is 0 Å². The van der Waals surface area contributed by atoms with Crippen LogP contribution >= 0.6 is 8.35 Å². The maximum absolute atomic E-state index is 4.22. The van der Waals surface area contributed by atoms with Crippen LogP contribution in [0.2, 0.25) is 0 Å². The van der Waals surface area contributed by atoms with Crippen molar-refractivity contribution in [3.8, 4) is 0 Å². The Morgan fingerprint density at radius 2 is 1.79 bits per heavy atom. The monoisotopic (exact) mass is 210 g/mol. The number of aromatic nitrogens is 2. The number of rotatable bonds is 1. The van der Waals surface area contributed by atoms with Gasteiger partial charge in [-0.05, 0) is 25.7 Å². The molecule has 0 bridgehead atoms. The van der Waals surface area contributed by atoms with Crippen molar-refractivity contribution in [3.63, 3.8) is 0 Å². The van der Waals surface area contributed by atoms with Gasteiger partial charge in [-0.1, -0.05) is 32.1 Å². The molecule has 2 rings (SSSR count). The van der Waals surface area contributed by atoms with Crippen molar-refractivity contribution in [1.29, 1.82) is 0 Å². The average molecular weight is 210 g/mol. The number of aryl methyl sites for hydroxylation is 1. The minimum Gasteiger partial charge on any atom is -0.278 e. The first-order valence-electron chi connectivity index (χ1n) is 5.75. The predicted octanol–water partition coefficient (Wildman–Crippen LogP) is 4.13. The molecule has 1 heterocycles. The molecule has 0 atom stereocenters. The molecule has 1 fully saturated rings. The molecule has 2 nitrogen and oxygen atoms in total. The lowest BCUT2D eigenvalue weighted by Gasteiger charge is -2.18. The highest BCUT2D eigenvalue weighted by Crippen LogP contribution is 2.35. The molecule has 1 aliphatic rings. The second-order valence-electron chi connectivity index (χ2n) is 4.36. The second kappa shape index (κ2) is 4.93. The van der Waals surface area contributed by atoms with E-state index in [1.807, 2.05) is 0 Å². The van der Waals surface area contributed by atoms with Crippen LogP contribution in [0.25, 0.3) is 0 Å². The van der Waals surface area contributed by atoms with Crippen molar-refractivity contribution in [2.45, 2.75) is 57.8 Å². The van der Waals surface area contributed by atoms with Crippen molar-refractivity contribution in [2.24, 2.45) is 0 Å². The van der Waals surface area contributed by atoms with Crippen molar-refractivity contribution in [2.75, 3.05) is 0 Å². The summed E-state index contributed by atoms with van der Waals surface area (Å²) in [6.07, 6.45) is 9.92. The standard InChI is InChI=1S/C11H19N2P/c1-9-11(14-13-12-9)10-7-5-3-2-4-6-8-10/h10H,2-8H2,1H3,(H,12,13). The van der Waals surface area contributed by atoms with Crippen molar-refractivity contribution in [3.05, 3.63) is 11.0 Å². The number of hydrogen-bond acceptors (Lipinski definition) is 1. The van der Waals surface area contributed by atoms with Crippen LogP contribution in [-0.2, 0) is 0 Å². The Hall–Kier alpha value is -0.360. The fourth-order valence-corrected chi connectivity index (χ4v) is 3.33. The Morgan fingerprint density at radius 3 is 2.36 bits per heavy atom. The summed E-state index contributed by atoms with van der Waals surface area (Å²) >= 11 is 0. The fourth-order valence-electron chi connectivity index (χ4n) is 2.40. The van der Waals surface area contributed by atoms with E-state index >= 15 is 0 Å². The molecular weight excluding hydrogens is 191 g/mol. The number of H-pyrrole nitrogens is 1. The minimum atomic E-state index is 0.815. The minimum absolute atomic E-state index is 0.815. The highest BCUT2D eigenvalue weighted by atomic mass is 31.0. The summed E-state index contributed by atoms with van der Waals surface area (Å²) in [6, 6.07) is 0. The molecule has 78 valence electrons. The Labute approximate surface area is 87.7 Å². The molecule has 1 N–H and O–H groups in total. The summed E-state index contributed by atoms with van der Waals surface area (Å²) in [4.78, 5) is 4.22. The normalized spacial score (nSPS) is 20.9. The van der Waals surface area contributed by atoms with Gasteiger partial charge in [0, 0.05) is 11.0 Å². The van der Waals surface area contributed by atoms with E-state index in [9.17, 15) is 0 Å². The van der Waals surface area contributed by atoms with E-state index in [0.29, 0.717) is 0 Å². The quantitative estimate of drug-likeness (QED) is 0.741. The molecule has 1 aromatic heterocycles. The Kier molecular flexibility index (Phi) is 3.58. The molecule has 0 unspecified atom stereocenters. The number of nitrogens with zero attached hydrogens (tertiary/aromatic N) is 1.